The second kappa shape index (κ2) is 11.4. The van der Waals surface area contributed by atoms with Crippen molar-refractivity contribution in [2.45, 2.75) is 45.2 Å². The molecule has 0 aliphatic rings. The number of benzene rings is 3. The number of nitriles is 2. The molecule has 0 fully saturated rings. The zero-order valence-electron chi connectivity index (χ0n) is 21.1. The van der Waals surface area contributed by atoms with Crippen LogP contribution in [-0.2, 0) is 6.42 Å². The zero-order valence-corrected chi connectivity index (χ0v) is 21.9. The topological polar surface area (TPSA) is 90.3 Å². The van der Waals surface area contributed by atoms with Crippen LogP contribution in [0.25, 0.3) is 5.69 Å². The quantitative estimate of drug-likeness (QED) is 0.283. The molecule has 186 valence electrons. The largest absolute Gasteiger partial charge is 0.305 e. The van der Waals surface area contributed by atoms with E-state index in [4.69, 9.17) is 11.6 Å². The third-order valence-corrected chi connectivity index (χ3v) is 7.02. The van der Waals surface area contributed by atoms with Crippen LogP contribution in [0, 0.1) is 28.1 Å². The molecule has 0 spiro atoms. The summed E-state index contributed by atoms with van der Waals surface area (Å²) in [5.41, 5.74) is 4.09. The van der Waals surface area contributed by atoms with Crippen LogP contribution in [0.15, 0.2) is 85.2 Å². The van der Waals surface area contributed by atoms with Crippen molar-refractivity contribution in [1.29, 1.82) is 10.5 Å². The Labute approximate surface area is 223 Å². The van der Waals surface area contributed by atoms with Crippen LogP contribution < -0.4 is 5.32 Å². The normalized spacial score (nSPS) is 13.8. The average molecular weight is 509 g/mol. The van der Waals surface area contributed by atoms with Crippen LogP contribution in [0.1, 0.15) is 55.0 Å². The van der Waals surface area contributed by atoms with Crippen LogP contribution in [-0.4, -0.2) is 21.0 Å². The molecule has 1 N–H and O–H groups in total. The molecule has 37 heavy (non-hydrogen) atoms. The summed E-state index contributed by atoms with van der Waals surface area (Å²) in [6.07, 6.45) is 4.19. The summed E-state index contributed by atoms with van der Waals surface area (Å²) in [6, 6.07) is 28.2. The van der Waals surface area contributed by atoms with Crippen molar-refractivity contribution in [3.63, 3.8) is 0 Å². The fourth-order valence-corrected chi connectivity index (χ4v) is 4.75. The highest BCUT2D eigenvalue weighted by Crippen LogP contribution is 2.36. The molecule has 0 radical (unpaired) electrons. The lowest BCUT2D eigenvalue weighted by molar-refractivity contribution is 0.281. The van der Waals surface area contributed by atoms with Crippen LogP contribution in [0.2, 0.25) is 5.02 Å². The van der Waals surface area contributed by atoms with Crippen molar-refractivity contribution in [3.05, 3.63) is 112 Å². The van der Waals surface area contributed by atoms with E-state index < -0.39 is 5.41 Å². The molecule has 4 rings (SSSR count). The number of nitrogens with one attached hydrogen (secondary N) is 1. The fourth-order valence-electron chi connectivity index (χ4n) is 4.63. The maximum absolute atomic E-state index is 10.1. The average Bonchev–Trinajstić information content (AvgIpc) is 3.46. The molecular weight excluding hydrogens is 480 g/mol. The number of hydrogen-bond donors (Lipinski definition) is 1. The highest BCUT2D eigenvalue weighted by molar-refractivity contribution is 6.30. The van der Waals surface area contributed by atoms with Gasteiger partial charge in [0.25, 0.3) is 0 Å². The SMILES string of the molecule is CC(NC(c1ccc(-n2ccnn2)cc1)C(C)(C)C#N)C(Cc1ccc(Cl)cc1)c1cccc(C#N)c1. The number of aromatic nitrogens is 3. The molecule has 0 bridgehead atoms. The standard InChI is InChI=1S/C30H29ClN6/c1-21(28(18-22-7-11-26(31)12-8-22)25-6-4-5-23(17-25)19-32)35-29(30(2,3)20-33)24-9-13-27(14-10-24)37-16-15-34-36-37/h4-17,21,28-29,35H,18H2,1-3H3. The van der Waals surface area contributed by atoms with E-state index in [2.05, 4.69) is 40.8 Å². The molecule has 1 aromatic heterocycles. The van der Waals surface area contributed by atoms with Crippen molar-refractivity contribution >= 4 is 11.6 Å². The highest BCUT2D eigenvalue weighted by Gasteiger charge is 2.34. The number of nitrogens with zero attached hydrogens (tertiary/aromatic N) is 5. The molecule has 7 heteroatoms. The van der Waals surface area contributed by atoms with Gasteiger partial charge in [-0.25, -0.2) is 4.68 Å². The van der Waals surface area contributed by atoms with Crippen LogP contribution >= 0.6 is 11.6 Å². The third kappa shape index (κ3) is 6.24. The van der Waals surface area contributed by atoms with Gasteiger partial charge in [0.2, 0.25) is 0 Å². The Morgan fingerprint density at radius 1 is 1.00 bits per heavy atom. The van der Waals surface area contributed by atoms with E-state index in [0.29, 0.717) is 10.6 Å². The smallest absolute Gasteiger partial charge is 0.0991 e. The monoisotopic (exact) mass is 508 g/mol. The minimum atomic E-state index is -0.678. The Kier molecular flexibility index (Phi) is 8.04. The molecular formula is C30H29ClN6. The third-order valence-electron chi connectivity index (χ3n) is 6.77. The van der Waals surface area contributed by atoms with Gasteiger partial charge in [-0.3, -0.25) is 0 Å². The van der Waals surface area contributed by atoms with Crippen LogP contribution in [0.5, 0.6) is 0 Å². The highest BCUT2D eigenvalue weighted by atomic mass is 35.5. The summed E-state index contributed by atoms with van der Waals surface area (Å²) in [5, 5.41) is 32.0. The van der Waals surface area contributed by atoms with E-state index in [1.165, 1.54) is 0 Å². The van der Waals surface area contributed by atoms with Gasteiger partial charge in [-0.1, -0.05) is 53.2 Å². The van der Waals surface area contributed by atoms with Gasteiger partial charge in [0.05, 0.1) is 47.2 Å². The molecule has 0 saturated heterocycles. The summed E-state index contributed by atoms with van der Waals surface area (Å²) in [6.45, 7) is 6.05. The molecule has 1 heterocycles. The second-order valence-electron chi connectivity index (χ2n) is 9.84. The first-order chi connectivity index (χ1) is 17.8. The predicted octanol–water partition coefficient (Wildman–Crippen LogP) is 6.39. The van der Waals surface area contributed by atoms with E-state index in [9.17, 15) is 10.5 Å². The van der Waals surface area contributed by atoms with Gasteiger partial charge in [0, 0.05) is 17.0 Å². The lowest BCUT2D eigenvalue weighted by Gasteiger charge is -2.36. The van der Waals surface area contributed by atoms with Gasteiger partial charge in [0.15, 0.2) is 0 Å². The van der Waals surface area contributed by atoms with E-state index in [1.807, 2.05) is 80.6 Å². The fraction of sp³-hybridized carbons (Fsp3) is 0.267. The Hall–Kier alpha value is -3.97. The van der Waals surface area contributed by atoms with E-state index >= 15 is 0 Å². The molecule has 4 aromatic rings. The molecule has 3 unspecified atom stereocenters. The lowest BCUT2D eigenvalue weighted by Crippen LogP contribution is -2.42. The summed E-state index contributed by atoms with van der Waals surface area (Å²) in [7, 11) is 0. The van der Waals surface area contributed by atoms with Gasteiger partial charge < -0.3 is 5.32 Å². The Balaban J connectivity index is 1.67. The van der Waals surface area contributed by atoms with E-state index in [0.717, 1.165) is 28.8 Å². The molecule has 0 saturated carbocycles. The summed E-state index contributed by atoms with van der Waals surface area (Å²) >= 11 is 6.13. The number of halogens is 1. The first-order valence-corrected chi connectivity index (χ1v) is 12.6. The lowest BCUT2D eigenvalue weighted by atomic mass is 9.79. The van der Waals surface area contributed by atoms with Gasteiger partial charge in [0.1, 0.15) is 0 Å². The number of hydrogen-bond acceptors (Lipinski definition) is 5. The van der Waals surface area contributed by atoms with Gasteiger partial charge in [-0.15, -0.1) is 5.10 Å². The number of rotatable bonds is 9. The van der Waals surface area contributed by atoms with E-state index in [-0.39, 0.29) is 18.0 Å². The Bertz CT molecular complexity index is 1400. The van der Waals surface area contributed by atoms with Crippen molar-refractivity contribution in [2.75, 3.05) is 0 Å². The first kappa shape index (κ1) is 26.1. The van der Waals surface area contributed by atoms with Gasteiger partial charge >= 0.3 is 0 Å². The molecule has 0 aliphatic carbocycles. The maximum Gasteiger partial charge on any atom is 0.0991 e. The molecule has 0 amide bonds. The minimum absolute atomic E-state index is 0.0164. The van der Waals surface area contributed by atoms with Crippen molar-refractivity contribution in [2.24, 2.45) is 5.41 Å². The molecule has 0 aliphatic heterocycles. The summed E-state index contributed by atoms with van der Waals surface area (Å²) in [5.74, 6) is 0.0564. The van der Waals surface area contributed by atoms with Crippen molar-refractivity contribution < 1.29 is 0 Å². The molecule has 3 atom stereocenters. The Morgan fingerprint density at radius 2 is 1.73 bits per heavy atom. The Morgan fingerprint density at radius 3 is 2.35 bits per heavy atom. The minimum Gasteiger partial charge on any atom is -0.305 e. The van der Waals surface area contributed by atoms with Crippen molar-refractivity contribution in [1.82, 2.24) is 20.3 Å². The van der Waals surface area contributed by atoms with Crippen LogP contribution in [0.3, 0.4) is 0 Å². The van der Waals surface area contributed by atoms with Gasteiger partial charge in [-0.2, -0.15) is 10.5 Å². The summed E-state index contributed by atoms with van der Waals surface area (Å²) < 4.78 is 1.70. The summed E-state index contributed by atoms with van der Waals surface area (Å²) in [4.78, 5) is 0. The second-order valence-corrected chi connectivity index (χ2v) is 10.3. The predicted molar refractivity (Wildman–Crippen MR) is 145 cm³/mol. The van der Waals surface area contributed by atoms with Crippen LogP contribution in [0.4, 0.5) is 0 Å². The molecule has 3 aromatic carbocycles. The zero-order chi connectivity index (χ0) is 26.4. The van der Waals surface area contributed by atoms with Gasteiger partial charge in [-0.05, 0) is 80.3 Å². The molecule has 6 nitrogen and oxygen atoms in total. The van der Waals surface area contributed by atoms with E-state index in [1.54, 1.807) is 17.1 Å². The first-order valence-electron chi connectivity index (χ1n) is 12.2. The maximum atomic E-state index is 10.1. The van der Waals surface area contributed by atoms with Crippen molar-refractivity contribution in [3.8, 4) is 17.8 Å².